The fourth-order valence-electron chi connectivity index (χ4n) is 4.75. The second-order valence-corrected chi connectivity index (χ2v) is 9.14. The molecule has 0 bridgehead atoms. The number of hydrogen-bond donors (Lipinski definition) is 1. The highest BCUT2D eigenvalue weighted by atomic mass is 35.5. The van der Waals surface area contributed by atoms with Crippen LogP contribution in [0.1, 0.15) is 50.5 Å². The Morgan fingerprint density at radius 1 is 1.12 bits per heavy atom. The van der Waals surface area contributed by atoms with Gasteiger partial charge in [-0.3, -0.25) is 0 Å². The Morgan fingerprint density at radius 2 is 1.85 bits per heavy atom. The van der Waals surface area contributed by atoms with Crippen LogP contribution < -0.4 is 0 Å². The number of hydrogen-bond acceptors (Lipinski definition) is 3. The lowest BCUT2D eigenvalue weighted by Gasteiger charge is -2.42. The van der Waals surface area contributed by atoms with Crippen molar-refractivity contribution in [3.05, 3.63) is 33.8 Å². The van der Waals surface area contributed by atoms with Crippen LogP contribution in [-0.4, -0.2) is 54.7 Å². The quantitative estimate of drug-likeness (QED) is 0.772. The maximum absolute atomic E-state index is 11.5. The SMILES string of the molecule is CN(C)C1CCN(CCC2CCCCC2(O)c2ccc(Cl)c(Cl)c2)CC1. The maximum Gasteiger partial charge on any atom is 0.0925 e. The van der Waals surface area contributed by atoms with E-state index >= 15 is 0 Å². The van der Waals surface area contributed by atoms with E-state index in [0.29, 0.717) is 22.0 Å². The molecule has 1 aliphatic carbocycles. The molecule has 0 aromatic heterocycles. The van der Waals surface area contributed by atoms with Crippen molar-refractivity contribution in [1.29, 1.82) is 0 Å². The zero-order chi connectivity index (χ0) is 18.7. The third-order valence-corrected chi connectivity index (χ3v) is 7.28. The van der Waals surface area contributed by atoms with Gasteiger partial charge in [-0.1, -0.05) is 42.1 Å². The van der Waals surface area contributed by atoms with Gasteiger partial charge < -0.3 is 14.9 Å². The van der Waals surface area contributed by atoms with Crippen molar-refractivity contribution in [2.45, 2.75) is 56.6 Å². The summed E-state index contributed by atoms with van der Waals surface area (Å²) in [4.78, 5) is 4.92. The summed E-state index contributed by atoms with van der Waals surface area (Å²) in [6, 6.07) is 6.35. The monoisotopic (exact) mass is 398 g/mol. The molecular formula is C21H32Cl2N2O. The van der Waals surface area contributed by atoms with Gasteiger partial charge in [0.2, 0.25) is 0 Å². The highest BCUT2D eigenvalue weighted by Crippen LogP contribution is 2.44. The molecule has 1 saturated heterocycles. The lowest BCUT2D eigenvalue weighted by Crippen LogP contribution is -2.44. The van der Waals surface area contributed by atoms with Gasteiger partial charge in [-0.25, -0.2) is 0 Å². The molecule has 1 aromatic carbocycles. The van der Waals surface area contributed by atoms with Crippen molar-refractivity contribution < 1.29 is 5.11 Å². The number of halogens is 2. The van der Waals surface area contributed by atoms with E-state index in [1.54, 1.807) is 0 Å². The van der Waals surface area contributed by atoms with E-state index in [9.17, 15) is 5.11 Å². The van der Waals surface area contributed by atoms with E-state index in [2.05, 4.69) is 23.9 Å². The zero-order valence-electron chi connectivity index (χ0n) is 16.1. The van der Waals surface area contributed by atoms with Gasteiger partial charge in [-0.05, 0) is 89.4 Å². The number of rotatable bonds is 5. The van der Waals surface area contributed by atoms with Crippen molar-refractivity contribution in [2.75, 3.05) is 33.7 Å². The molecular weight excluding hydrogens is 367 g/mol. The molecule has 146 valence electrons. The molecule has 26 heavy (non-hydrogen) atoms. The van der Waals surface area contributed by atoms with E-state index in [1.165, 1.54) is 32.4 Å². The Balaban J connectivity index is 1.63. The molecule has 5 heteroatoms. The lowest BCUT2D eigenvalue weighted by molar-refractivity contribution is -0.0607. The standard InChI is InChI=1S/C21H32Cl2N2O/c1-24(2)18-9-13-25(14-10-18)12-8-16-5-3-4-11-21(16,26)17-6-7-19(22)20(23)15-17/h6-7,15-16,18,26H,3-5,8-14H2,1-2H3. The molecule has 1 N–H and O–H groups in total. The van der Waals surface area contributed by atoms with Crippen LogP contribution in [0.5, 0.6) is 0 Å². The molecule has 0 radical (unpaired) electrons. The Hall–Kier alpha value is -0.320. The smallest absolute Gasteiger partial charge is 0.0925 e. The first-order chi connectivity index (χ1) is 12.4. The Morgan fingerprint density at radius 3 is 2.50 bits per heavy atom. The third kappa shape index (κ3) is 4.56. The predicted molar refractivity (Wildman–Crippen MR) is 110 cm³/mol. The van der Waals surface area contributed by atoms with Gasteiger partial charge in [-0.15, -0.1) is 0 Å². The van der Waals surface area contributed by atoms with Crippen LogP contribution in [0.4, 0.5) is 0 Å². The van der Waals surface area contributed by atoms with Crippen LogP contribution >= 0.6 is 23.2 Å². The van der Waals surface area contributed by atoms with Crippen LogP contribution in [0.15, 0.2) is 18.2 Å². The Labute approximate surface area is 168 Å². The van der Waals surface area contributed by atoms with Crippen LogP contribution in [-0.2, 0) is 5.60 Å². The largest absolute Gasteiger partial charge is 0.385 e. The summed E-state index contributed by atoms with van der Waals surface area (Å²) in [6.07, 6.45) is 7.72. The van der Waals surface area contributed by atoms with E-state index in [0.717, 1.165) is 37.8 Å². The predicted octanol–water partition coefficient (Wildman–Crippen LogP) is 4.79. The van der Waals surface area contributed by atoms with E-state index in [1.807, 2.05) is 18.2 Å². The minimum absolute atomic E-state index is 0.292. The van der Waals surface area contributed by atoms with E-state index in [-0.39, 0.29) is 0 Å². The van der Waals surface area contributed by atoms with Crippen molar-refractivity contribution in [1.82, 2.24) is 9.80 Å². The molecule has 2 aliphatic rings. The van der Waals surface area contributed by atoms with Crippen LogP contribution in [0.2, 0.25) is 10.0 Å². The fraction of sp³-hybridized carbons (Fsp3) is 0.714. The van der Waals surface area contributed by atoms with Gasteiger partial charge in [0.1, 0.15) is 0 Å². The van der Waals surface area contributed by atoms with Crippen molar-refractivity contribution in [3.8, 4) is 0 Å². The second kappa shape index (κ2) is 8.79. The summed E-state index contributed by atoms with van der Waals surface area (Å²) in [6.45, 7) is 3.41. The lowest BCUT2D eigenvalue weighted by atomic mass is 9.70. The topological polar surface area (TPSA) is 26.7 Å². The first kappa shape index (κ1) is 20.4. The highest BCUT2D eigenvalue weighted by molar-refractivity contribution is 6.42. The van der Waals surface area contributed by atoms with Gasteiger partial charge in [0.25, 0.3) is 0 Å². The minimum atomic E-state index is -0.769. The molecule has 1 heterocycles. The van der Waals surface area contributed by atoms with Gasteiger partial charge in [0.15, 0.2) is 0 Å². The first-order valence-electron chi connectivity index (χ1n) is 9.97. The summed E-state index contributed by atoms with van der Waals surface area (Å²) in [7, 11) is 4.36. The first-order valence-corrected chi connectivity index (χ1v) is 10.7. The number of likely N-dealkylation sites (tertiary alicyclic amines) is 1. The minimum Gasteiger partial charge on any atom is -0.385 e. The molecule has 0 spiro atoms. The highest BCUT2D eigenvalue weighted by Gasteiger charge is 2.40. The van der Waals surface area contributed by atoms with E-state index < -0.39 is 5.60 Å². The van der Waals surface area contributed by atoms with Gasteiger partial charge in [-0.2, -0.15) is 0 Å². The van der Waals surface area contributed by atoms with Crippen LogP contribution in [0.25, 0.3) is 0 Å². The molecule has 2 fully saturated rings. The Kier molecular flexibility index (Phi) is 6.90. The van der Waals surface area contributed by atoms with Crippen LogP contribution in [0, 0.1) is 5.92 Å². The third-order valence-electron chi connectivity index (χ3n) is 6.54. The summed E-state index contributed by atoms with van der Waals surface area (Å²) in [5, 5.41) is 12.6. The molecule has 0 amide bonds. The number of aliphatic hydroxyl groups is 1. The van der Waals surface area contributed by atoms with Crippen molar-refractivity contribution >= 4 is 23.2 Å². The number of nitrogens with zero attached hydrogens (tertiary/aromatic N) is 2. The van der Waals surface area contributed by atoms with Gasteiger partial charge in [0.05, 0.1) is 15.6 Å². The fourth-order valence-corrected chi connectivity index (χ4v) is 5.05. The summed E-state index contributed by atoms with van der Waals surface area (Å²) < 4.78 is 0. The molecule has 2 atom stereocenters. The normalized spacial score (nSPS) is 28.6. The zero-order valence-corrected chi connectivity index (χ0v) is 17.6. The summed E-state index contributed by atoms with van der Waals surface area (Å²) >= 11 is 12.3. The number of benzene rings is 1. The average Bonchev–Trinajstić information content (AvgIpc) is 2.63. The Bertz CT molecular complexity index is 602. The number of piperidine rings is 1. The van der Waals surface area contributed by atoms with Gasteiger partial charge >= 0.3 is 0 Å². The summed E-state index contributed by atoms with van der Waals surface area (Å²) in [5.41, 5.74) is 0.164. The molecule has 3 rings (SSSR count). The second-order valence-electron chi connectivity index (χ2n) is 8.32. The molecule has 1 aromatic rings. The molecule has 1 saturated carbocycles. The maximum atomic E-state index is 11.5. The molecule has 3 nitrogen and oxygen atoms in total. The molecule has 2 unspecified atom stereocenters. The van der Waals surface area contributed by atoms with Crippen LogP contribution in [0.3, 0.4) is 0 Å². The molecule has 1 aliphatic heterocycles. The van der Waals surface area contributed by atoms with Crippen molar-refractivity contribution in [2.24, 2.45) is 5.92 Å². The summed E-state index contributed by atoms with van der Waals surface area (Å²) in [5.74, 6) is 0.292. The van der Waals surface area contributed by atoms with Gasteiger partial charge in [0, 0.05) is 6.04 Å². The van der Waals surface area contributed by atoms with E-state index in [4.69, 9.17) is 23.2 Å². The van der Waals surface area contributed by atoms with Crippen molar-refractivity contribution in [3.63, 3.8) is 0 Å². The average molecular weight is 399 g/mol.